The van der Waals surface area contributed by atoms with Gasteiger partial charge in [0.15, 0.2) is 17.3 Å². The highest BCUT2D eigenvalue weighted by Gasteiger charge is 2.27. The molecule has 2 aliphatic rings. The van der Waals surface area contributed by atoms with Crippen molar-refractivity contribution in [1.82, 2.24) is 14.9 Å². The first kappa shape index (κ1) is 21.8. The van der Waals surface area contributed by atoms with Crippen LogP contribution in [0.1, 0.15) is 37.3 Å². The molecule has 0 radical (unpaired) electrons. The van der Waals surface area contributed by atoms with Crippen LogP contribution in [0.25, 0.3) is 11.4 Å². The predicted octanol–water partition coefficient (Wildman–Crippen LogP) is 5.34. The van der Waals surface area contributed by atoms with Crippen molar-refractivity contribution in [2.24, 2.45) is 0 Å². The molecule has 0 spiro atoms. The predicted molar refractivity (Wildman–Crippen MR) is 129 cm³/mol. The average Bonchev–Trinajstić information content (AvgIpc) is 2.87. The molecule has 33 heavy (non-hydrogen) atoms. The Bertz CT molecular complexity index is 1150. The average molecular weight is 462 g/mol. The summed E-state index contributed by atoms with van der Waals surface area (Å²) in [5.41, 5.74) is 2.87. The van der Waals surface area contributed by atoms with Crippen LogP contribution in [-0.4, -0.2) is 46.2 Å². The van der Waals surface area contributed by atoms with E-state index in [0.29, 0.717) is 36.2 Å². The third-order valence-corrected chi connectivity index (χ3v) is 6.93. The van der Waals surface area contributed by atoms with Gasteiger partial charge in [0.05, 0.1) is 17.9 Å². The van der Waals surface area contributed by atoms with E-state index in [9.17, 15) is 4.79 Å². The molecule has 3 heterocycles. The van der Waals surface area contributed by atoms with Crippen molar-refractivity contribution in [3.05, 3.63) is 59.7 Å². The molecule has 5 rings (SSSR count). The number of carbonyl (C=O) groups is 1. The number of rotatable bonds is 6. The summed E-state index contributed by atoms with van der Waals surface area (Å²) in [4.78, 5) is 24.4. The Kier molecular flexibility index (Phi) is 6.48. The maximum atomic E-state index is 12.8. The molecule has 1 amide bonds. The van der Waals surface area contributed by atoms with Crippen LogP contribution in [-0.2, 0) is 11.2 Å². The van der Waals surface area contributed by atoms with Gasteiger partial charge in [0.1, 0.15) is 5.03 Å². The molecule has 0 atom stereocenters. The molecule has 3 aromatic rings. The van der Waals surface area contributed by atoms with E-state index in [4.69, 9.17) is 19.4 Å². The molecule has 1 aromatic heterocycles. The van der Waals surface area contributed by atoms with Crippen molar-refractivity contribution in [3.8, 4) is 28.8 Å². The zero-order chi connectivity index (χ0) is 22.6. The first-order chi connectivity index (χ1) is 16.2. The number of likely N-dealkylation sites (tertiary alicyclic amines) is 1. The normalized spacial score (nSPS) is 14.8. The smallest absolute Gasteiger partial charge is 0.232 e. The third-order valence-electron chi connectivity index (χ3n) is 5.93. The van der Waals surface area contributed by atoms with Gasteiger partial charge in [-0.2, -0.15) is 4.98 Å². The van der Waals surface area contributed by atoms with E-state index >= 15 is 0 Å². The van der Waals surface area contributed by atoms with Crippen LogP contribution in [0.2, 0.25) is 0 Å². The summed E-state index contributed by atoms with van der Waals surface area (Å²) in [7, 11) is 0. The maximum Gasteiger partial charge on any atom is 0.232 e. The number of hydrogen-bond acceptors (Lipinski definition) is 6. The molecule has 2 aliphatic heterocycles. The Morgan fingerprint density at radius 2 is 1.88 bits per heavy atom. The second-order valence-electron chi connectivity index (χ2n) is 8.19. The Hall–Kier alpha value is -3.06. The number of fused-ring (bicyclic) bond motifs is 2. The summed E-state index contributed by atoms with van der Waals surface area (Å²) in [5, 5.41) is 0.802. The summed E-state index contributed by atoms with van der Waals surface area (Å²) in [6.07, 6.45) is 4.02. The van der Waals surface area contributed by atoms with E-state index in [1.165, 1.54) is 18.2 Å². The SMILES string of the molecule is CCOc1cccc2c1Oc1nc(-c3ccccc3)nc(SCC(=O)N3CCCCC3)c1C2. The van der Waals surface area contributed by atoms with Crippen LogP contribution >= 0.6 is 11.8 Å². The highest BCUT2D eigenvalue weighted by molar-refractivity contribution is 7.99. The fraction of sp³-hybridized carbons (Fsp3) is 0.346. The van der Waals surface area contributed by atoms with Gasteiger partial charge < -0.3 is 14.4 Å². The number of benzene rings is 2. The van der Waals surface area contributed by atoms with Crippen molar-refractivity contribution >= 4 is 17.7 Å². The van der Waals surface area contributed by atoms with E-state index in [-0.39, 0.29) is 5.91 Å². The van der Waals surface area contributed by atoms with Gasteiger partial charge in [-0.05, 0) is 32.3 Å². The first-order valence-corrected chi connectivity index (χ1v) is 12.5. The van der Waals surface area contributed by atoms with Gasteiger partial charge in [0.2, 0.25) is 11.8 Å². The second kappa shape index (κ2) is 9.83. The minimum atomic E-state index is 0.170. The lowest BCUT2D eigenvalue weighted by molar-refractivity contribution is -0.129. The van der Waals surface area contributed by atoms with Crippen molar-refractivity contribution in [2.75, 3.05) is 25.4 Å². The Labute approximate surface area is 198 Å². The number of thioether (sulfide) groups is 1. The quantitative estimate of drug-likeness (QED) is 0.285. The molecule has 0 bridgehead atoms. The minimum absolute atomic E-state index is 0.170. The minimum Gasteiger partial charge on any atom is -0.490 e. The van der Waals surface area contributed by atoms with Crippen LogP contribution in [0, 0.1) is 0 Å². The lowest BCUT2D eigenvalue weighted by Gasteiger charge is -2.27. The zero-order valence-electron chi connectivity index (χ0n) is 18.8. The van der Waals surface area contributed by atoms with Crippen LogP contribution < -0.4 is 9.47 Å². The summed E-state index contributed by atoms with van der Waals surface area (Å²) >= 11 is 1.48. The van der Waals surface area contributed by atoms with E-state index in [2.05, 4.69) is 0 Å². The first-order valence-electron chi connectivity index (χ1n) is 11.5. The zero-order valence-corrected chi connectivity index (χ0v) is 19.6. The Morgan fingerprint density at radius 1 is 1.06 bits per heavy atom. The molecule has 2 aromatic carbocycles. The Morgan fingerprint density at radius 3 is 2.67 bits per heavy atom. The van der Waals surface area contributed by atoms with Crippen LogP contribution in [0.3, 0.4) is 0 Å². The number of para-hydroxylation sites is 1. The van der Waals surface area contributed by atoms with Gasteiger partial charge in [0.25, 0.3) is 0 Å². The van der Waals surface area contributed by atoms with E-state index < -0.39 is 0 Å². The summed E-state index contributed by atoms with van der Waals surface area (Å²) in [6.45, 7) is 4.23. The summed E-state index contributed by atoms with van der Waals surface area (Å²) < 4.78 is 12.1. The molecule has 0 saturated carbocycles. The van der Waals surface area contributed by atoms with Gasteiger partial charge in [-0.15, -0.1) is 0 Å². The number of amides is 1. The maximum absolute atomic E-state index is 12.8. The molecule has 1 fully saturated rings. The lowest BCUT2D eigenvalue weighted by atomic mass is 10.0. The number of hydrogen-bond donors (Lipinski definition) is 0. The van der Waals surface area contributed by atoms with Gasteiger partial charge in [-0.3, -0.25) is 4.79 Å². The fourth-order valence-corrected chi connectivity index (χ4v) is 5.18. The molecule has 7 heteroatoms. The fourth-order valence-electron chi connectivity index (χ4n) is 4.25. The van der Waals surface area contributed by atoms with E-state index in [0.717, 1.165) is 53.4 Å². The van der Waals surface area contributed by atoms with Crippen LogP contribution in [0.5, 0.6) is 17.4 Å². The molecule has 0 N–H and O–H groups in total. The monoisotopic (exact) mass is 461 g/mol. The molecule has 0 unspecified atom stereocenters. The highest BCUT2D eigenvalue weighted by Crippen LogP contribution is 2.44. The number of nitrogens with zero attached hydrogens (tertiary/aromatic N) is 3. The molecular formula is C26H27N3O3S. The highest BCUT2D eigenvalue weighted by atomic mass is 32.2. The van der Waals surface area contributed by atoms with Gasteiger partial charge in [-0.1, -0.05) is 54.2 Å². The topological polar surface area (TPSA) is 64.5 Å². The largest absolute Gasteiger partial charge is 0.490 e. The summed E-state index contributed by atoms with van der Waals surface area (Å²) in [6, 6.07) is 15.8. The van der Waals surface area contributed by atoms with Crippen molar-refractivity contribution in [3.63, 3.8) is 0 Å². The van der Waals surface area contributed by atoms with Crippen molar-refractivity contribution in [1.29, 1.82) is 0 Å². The van der Waals surface area contributed by atoms with Gasteiger partial charge >= 0.3 is 0 Å². The summed E-state index contributed by atoms with van der Waals surface area (Å²) in [5.74, 6) is 3.10. The van der Waals surface area contributed by atoms with Crippen LogP contribution in [0.15, 0.2) is 53.6 Å². The number of aromatic nitrogens is 2. The molecule has 1 saturated heterocycles. The molecule has 6 nitrogen and oxygen atoms in total. The molecule has 170 valence electrons. The van der Waals surface area contributed by atoms with Gasteiger partial charge in [0, 0.05) is 30.6 Å². The number of carbonyl (C=O) groups excluding carboxylic acids is 1. The number of ether oxygens (including phenoxy) is 2. The molecular weight excluding hydrogens is 434 g/mol. The Balaban J connectivity index is 1.48. The van der Waals surface area contributed by atoms with E-state index in [1.807, 2.05) is 60.4 Å². The molecule has 0 aliphatic carbocycles. The second-order valence-corrected chi connectivity index (χ2v) is 9.15. The third kappa shape index (κ3) is 4.69. The van der Waals surface area contributed by atoms with Crippen LogP contribution in [0.4, 0.5) is 0 Å². The lowest BCUT2D eigenvalue weighted by Crippen LogP contribution is -2.36. The standard InChI is InChI=1S/C26H27N3O3S/c1-2-31-21-13-9-12-19-16-20-25(32-23(19)21)27-24(18-10-5-3-6-11-18)28-26(20)33-17-22(30)29-14-7-4-8-15-29/h3,5-6,9-13H,2,4,7-8,14-17H2,1H3. The van der Waals surface area contributed by atoms with Gasteiger partial charge in [-0.25, -0.2) is 4.98 Å². The van der Waals surface area contributed by atoms with Crippen molar-refractivity contribution < 1.29 is 14.3 Å². The van der Waals surface area contributed by atoms with E-state index in [1.54, 1.807) is 0 Å². The van der Waals surface area contributed by atoms with Crippen molar-refractivity contribution in [2.45, 2.75) is 37.6 Å². The number of piperidine rings is 1.